The monoisotopic (exact) mass is 398 g/mol. The van der Waals surface area contributed by atoms with E-state index in [2.05, 4.69) is 6.92 Å². The van der Waals surface area contributed by atoms with Gasteiger partial charge in [-0.2, -0.15) is 0 Å². The minimum absolute atomic E-state index is 0.129. The van der Waals surface area contributed by atoms with Crippen LogP contribution in [0.1, 0.15) is 65.2 Å². The van der Waals surface area contributed by atoms with Crippen molar-refractivity contribution >= 4 is 23.1 Å². The van der Waals surface area contributed by atoms with Crippen LogP contribution >= 0.6 is 11.3 Å². The second-order valence-electron chi connectivity index (χ2n) is 6.28. The number of rotatable bonds is 14. The van der Waals surface area contributed by atoms with Crippen LogP contribution in [0.4, 0.5) is 0 Å². The van der Waals surface area contributed by atoms with Crippen LogP contribution in [0.2, 0.25) is 0 Å². The molecule has 1 heterocycles. The van der Waals surface area contributed by atoms with Crippen molar-refractivity contribution in [2.24, 2.45) is 0 Å². The molecule has 0 spiro atoms. The maximum absolute atomic E-state index is 12.0. The number of esters is 1. The second-order valence-corrected chi connectivity index (χ2v) is 7.18. The molecule has 0 atom stereocenters. The minimum Gasteiger partial charge on any atom is -0.463 e. The van der Waals surface area contributed by atoms with Gasteiger partial charge in [0, 0.05) is 25.5 Å². The zero-order chi connectivity index (χ0) is 20.1. The largest absolute Gasteiger partial charge is 0.463 e. The molecule has 0 saturated heterocycles. The average molecular weight is 399 g/mol. The molecule has 0 fully saturated rings. The third-order valence-corrected chi connectivity index (χ3v) is 4.85. The minimum atomic E-state index is -0.357. The molecule has 0 bridgehead atoms. The van der Waals surface area contributed by atoms with Gasteiger partial charge in [-0.3, -0.25) is 14.4 Å². The Morgan fingerprint density at radius 3 is 2.33 bits per heavy atom. The van der Waals surface area contributed by atoms with E-state index >= 15 is 0 Å². The Hall–Kier alpha value is -1.96. The summed E-state index contributed by atoms with van der Waals surface area (Å²) in [6.45, 7) is 4.87. The number of hydrogen-bond donors (Lipinski definition) is 0. The molecule has 1 aromatic heterocycles. The lowest BCUT2D eigenvalue weighted by atomic mass is 10.1. The summed E-state index contributed by atoms with van der Waals surface area (Å²) in [5, 5.41) is 0. The van der Waals surface area contributed by atoms with Crippen LogP contribution in [0, 0.1) is 0 Å². The van der Waals surface area contributed by atoms with Crippen LogP contribution < -0.4 is 9.75 Å². The van der Waals surface area contributed by atoms with E-state index < -0.39 is 0 Å². The zero-order valence-corrected chi connectivity index (χ0v) is 17.1. The van der Waals surface area contributed by atoms with Gasteiger partial charge in [-0.05, 0) is 43.9 Å². The Morgan fingerprint density at radius 1 is 0.963 bits per heavy atom. The standard InChI is InChI=1S/C19H30N2O5S/c1-3-5-8-11-16(22)13-15-21-19(25)27-18(24)20(21)14-10-7-6-9-12-17(23)26-4-2/h9,12H,3-8,10-11,13-15H2,1-2H3. The first-order chi connectivity index (χ1) is 13.0. The predicted octanol–water partition coefficient (Wildman–Crippen LogP) is 2.90. The topological polar surface area (TPSA) is 87.4 Å². The molecular formula is C19H30N2O5S. The number of allylic oxidation sites excluding steroid dienone is 1. The van der Waals surface area contributed by atoms with Crippen molar-refractivity contribution in [2.75, 3.05) is 6.61 Å². The number of aromatic nitrogens is 2. The molecule has 0 radical (unpaired) electrons. The van der Waals surface area contributed by atoms with Gasteiger partial charge in [0.15, 0.2) is 0 Å². The average Bonchev–Trinajstić information content (AvgIpc) is 2.89. The van der Waals surface area contributed by atoms with Gasteiger partial charge in [0.1, 0.15) is 5.78 Å². The van der Waals surface area contributed by atoms with E-state index in [4.69, 9.17) is 4.74 Å². The van der Waals surface area contributed by atoms with Gasteiger partial charge in [0.05, 0.1) is 13.2 Å². The number of ether oxygens (including phenoxy) is 1. The summed E-state index contributed by atoms with van der Waals surface area (Å²) in [6, 6.07) is 0. The van der Waals surface area contributed by atoms with Crippen LogP contribution in [0.15, 0.2) is 21.7 Å². The van der Waals surface area contributed by atoms with Crippen LogP contribution in [0.25, 0.3) is 0 Å². The van der Waals surface area contributed by atoms with Gasteiger partial charge in [-0.25, -0.2) is 14.2 Å². The Bertz CT molecular complexity index is 729. The van der Waals surface area contributed by atoms with Crippen molar-refractivity contribution in [1.29, 1.82) is 0 Å². The highest BCUT2D eigenvalue weighted by Gasteiger charge is 2.11. The van der Waals surface area contributed by atoms with Crippen LogP contribution in [0.5, 0.6) is 0 Å². The molecule has 0 aliphatic heterocycles. The number of Topliss-reactive ketones (excluding diaryl/α,β-unsaturated/α-hetero) is 1. The number of unbranched alkanes of at least 4 members (excludes halogenated alkanes) is 4. The summed E-state index contributed by atoms with van der Waals surface area (Å²) in [5.41, 5.74) is 0. The molecule has 0 amide bonds. The third kappa shape index (κ3) is 8.99. The van der Waals surface area contributed by atoms with E-state index in [-0.39, 0.29) is 34.5 Å². The summed E-state index contributed by atoms with van der Waals surface area (Å²) in [5.74, 6) is -0.228. The predicted molar refractivity (Wildman–Crippen MR) is 106 cm³/mol. The molecule has 0 aromatic carbocycles. The van der Waals surface area contributed by atoms with Gasteiger partial charge < -0.3 is 4.74 Å². The number of hydrogen-bond acceptors (Lipinski definition) is 6. The van der Waals surface area contributed by atoms with Crippen LogP contribution in [-0.4, -0.2) is 27.7 Å². The molecule has 0 unspecified atom stereocenters. The quantitative estimate of drug-likeness (QED) is 0.273. The molecule has 27 heavy (non-hydrogen) atoms. The van der Waals surface area contributed by atoms with Gasteiger partial charge in [-0.1, -0.05) is 25.8 Å². The molecule has 0 aliphatic rings. The summed E-state index contributed by atoms with van der Waals surface area (Å²) in [7, 11) is 0. The van der Waals surface area contributed by atoms with E-state index in [0.29, 0.717) is 43.8 Å². The molecule has 0 N–H and O–H groups in total. The van der Waals surface area contributed by atoms with Crippen molar-refractivity contribution < 1.29 is 14.3 Å². The Balaban J connectivity index is 2.47. The van der Waals surface area contributed by atoms with Crippen LogP contribution in [-0.2, 0) is 27.4 Å². The van der Waals surface area contributed by atoms with E-state index in [0.717, 1.165) is 25.7 Å². The number of ketones is 1. The fourth-order valence-corrected chi connectivity index (χ4v) is 3.36. The van der Waals surface area contributed by atoms with Gasteiger partial charge in [-0.15, -0.1) is 0 Å². The van der Waals surface area contributed by atoms with Gasteiger partial charge in [0.25, 0.3) is 0 Å². The Labute approximate surface area is 163 Å². The number of nitrogens with zero attached hydrogens (tertiary/aromatic N) is 2. The normalized spacial score (nSPS) is 11.2. The number of carbonyl (C=O) groups excluding carboxylic acids is 2. The van der Waals surface area contributed by atoms with Gasteiger partial charge in [0.2, 0.25) is 0 Å². The first-order valence-corrected chi connectivity index (χ1v) is 10.5. The molecule has 152 valence electrons. The molecule has 7 nitrogen and oxygen atoms in total. The molecular weight excluding hydrogens is 368 g/mol. The van der Waals surface area contributed by atoms with E-state index in [1.165, 1.54) is 15.4 Å². The Morgan fingerprint density at radius 2 is 1.67 bits per heavy atom. The molecule has 0 aliphatic carbocycles. The van der Waals surface area contributed by atoms with Crippen molar-refractivity contribution in [1.82, 2.24) is 9.36 Å². The van der Waals surface area contributed by atoms with Crippen molar-refractivity contribution in [3.63, 3.8) is 0 Å². The lowest BCUT2D eigenvalue weighted by molar-refractivity contribution is -0.137. The summed E-state index contributed by atoms with van der Waals surface area (Å²) < 4.78 is 7.61. The van der Waals surface area contributed by atoms with Crippen LogP contribution in [0.3, 0.4) is 0 Å². The lowest BCUT2D eigenvalue weighted by Gasteiger charge is -2.09. The second kappa shape index (κ2) is 13.2. The third-order valence-electron chi connectivity index (χ3n) is 4.08. The summed E-state index contributed by atoms with van der Waals surface area (Å²) in [4.78, 5) is 46.5. The highest BCUT2D eigenvalue weighted by Crippen LogP contribution is 2.04. The van der Waals surface area contributed by atoms with Crippen molar-refractivity contribution in [3.8, 4) is 0 Å². The zero-order valence-electron chi connectivity index (χ0n) is 16.3. The first kappa shape index (κ1) is 23.1. The molecule has 0 saturated carbocycles. The number of carbonyl (C=O) groups is 2. The van der Waals surface area contributed by atoms with E-state index in [1.807, 2.05) is 0 Å². The Kier molecular flexibility index (Phi) is 11.3. The smallest absolute Gasteiger partial charge is 0.330 e. The fourth-order valence-electron chi connectivity index (χ4n) is 2.62. The highest BCUT2D eigenvalue weighted by atomic mass is 32.1. The van der Waals surface area contributed by atoms with Crippen molar-refractivity contribution in [2.45, 2.75) is 78.3 Å². The van der Waals surface area contributed by atoms with Gasteiger partial charge >= 0.3 is 15.7 Å². The molecule has 1 aromatic rings. The molecule has 1 rings (SSSR count). The summed E-state index contributed by atoms with van der Waals surface area (Å²) in [6.07, 6.45) is 9.10. The van der Waals surface area contributed by atoms with Crippen molar-refractivity contribution in [3.05, 3.63) is 31.5 Å². The summed E-state index contributed by atoms with van der Waals surface area (Å²) >= 11 is 0.675. The fraction of sp³-hybridized carbons (Fsp3) is 0.684. The lowest BCUT2D eigenvalue weighted by Crippen LogP contribution is -2.28. The SMILES string of the molecule is CCCCCC(=O)CCn1c(=O)sc(=O)n1CCCCC=CC(=O)OCC. The first-order valence-electron chi connectivity index (χ1n) is 9.65. The maximum Gasteiger partial charge on any atom is 0.330 e. The maximum atomic E-state index is 12.0. The molecule has 8 heteroatoms. The van der Waals surface area contributed by atoms with E-state index in [9.17, 15) is 19.2 Å². The van der Waals surface area contributed by atoms with E-state index in [1.54, 1.807) is 13.0 Å². The highest BCUT2D eigenvalue weighted by molar-refractivity contribution is 7.06.